The maximum Gasteiger partial charge on any atom is 0.238 e. The van der Waals surface area contributed by atoms with Crippen molar-refractivity contribution in [3.8, 4) is 0 Å². The summed E-state index contributed by atoms with van der Waals surface area (Å²) in [6, 6.07) is 7.80. The Balaban J connectivity index is 1.42. The van der Waals surface area contributed by atoms with Crippen LogP contribution < -0.4 is 5.32 Å². The summed E-state index contributed by atoms with van der Waals surface area (Å²) in [6.07, 6.45) is 1.04. The lowest BCUT2D eigenvalue weighted by molar-refractivity contribution is -0.134. The van der Waals surface area contributed by atoms with Crippen LogP contribution in [0.5, 0.6) is 0 Å². The Morgan fingerprint density at radius 1 is 1.13 bits per heavy atom. The van der Waals surface area contributed by atoms with Crippen LogP contribution in [0.3, 0.4) is 0 Å². The van der Waals surface area contributed by atoms with Crippen LogP contribution in [0.2, 0.25) is 0 Å². The van der Waals surface area contributed by atoms with Crippen molar-refractivity contribution in [3.63, 3.8) is 0 Å². The van der Waals surface area contributed by atoms with Gasteiger partial charge in [-0.2, -0.15) is 0 Å². The van der Waals surface area contributed by atoms with Crippen LogP contribution in [0.1, 0.15) is 18.9 Å². The summed E-state index contributed by atoms with van der Waals surface area (Å²) in [6.45, 7) is 7.56. The third-order valence-corrected chi connectivity index (χ3v) is 4.81. The summed E-state index contributed by atoms with van der Waals surface area (Å²) < 4.78 is 0. The van der Waals surface area contributed by atoms with E-state index in [-0.39, 0.29) is 11.8 Å². The summed E-state index contributed by atoms with van der Waals surface area (Å²) >= 11 is 0. The molecular formula is C18H25N3O2. The molecule has 2 amide bonds. The molecule has 0 radical (unpaired) electrons. The van der Waals surface area contributed by atoms with Crippen LogP contribution in [0.4, 0.5) is 5.69 Å². The molecule has 1 N–H and O–H groups in total. The molecule has 5 heteroatoms. The SMILES string of the molecule is Cc1ccc(NC(=O)CN2CCN(C(=O)[C@H]3C[C@H]3C)CC2)cc1. The number of piperazine rings is 1. The van der Waals surface area contributed by atoms with E-state index in [0.29, 0.717) is 18.4 Å². The maximum absolute atomic E-state index is 12.2. The minimum atomic E-state index is 0.00412. The highest BCUT2D eigenvalue weighted by atomic mass is 16.2. The minimum absolute atomic E-state index is 0.00412. The summed E-state index contributed by atoms with van der Waals surface area (Å²) in [7, 11) is 0. The van der Waals surface area contributed by atoms with Gasteiger partial charge in [0.05, 0.1) is 6.54 Å². The number of aryl methyl sites for hydroxylation is 1. The van der Waals surface area contributed by atoms with Crippen molar-refractivity contribution < 1.29 is 9.59 Å². The Bertz CT molecular complexity index is 576. The highest BCUT2D eigenvalue weighted by Crippen LogP contribution is 2.39. The second-order valence-electron chi connectivity index (χ2n) is 6.84. The fraction of sp³-hybridized carbons (Fsp3) is 0.556. The Labute approximate surface area is 137 Å². The molecule has 1 aliphatic heterocycles. The second kappa shape index (κ2) is 6.71. The lowest BCUT2D eigenvalue weighted by atomic mass is 10.2. The average molecular weight is 315 g/mol. The molecule has 0 spiro atoms. The van der Waals surface area contributed by atoms with Crippen LogP contribution in [-0.2, 0) is 9.59 Å². The van der Waals surface area contributed by atoms with E-state index in [1.165, 1.54) is 5.56 Å². The van der Waals surface area contributed by atoms with E-state index in [9.17, 15) is 9.59 Å². The zero-order valence-electron chi connectivity index (χ0n) is 13.9. The van der Waals surface area contributed by atoms with Gasteiger partial charge in [-0.1, -0.05) is 24.6 Å². The standard InChI is InChI=1S/C18H25N3O2/c1-13-3-5-15(6-4-13)19-17(22)12-20-7-9-21(10-8-20)18(23)16-11-14(16)2/h3-6,14,16H,7-12H2,1-2H3,(H,19,22)/t14-,16+/m1/s1. The Kier molecular flexibility index (Phi) is 4.66. The first-order chi connectivity index (χ1) is 11.0. The lowest BCUT2D eigenvalue weighted by Crippen LogP contribution is -2.51. The Hall–Kier alpha value is -1.88. The summed E-state index contributed by atoms with van der Waals surface area (Å²) in [5, 5.41) is 2.92. The number of benzene rings is 1. The predicted octanol–water partition coefficient (Wildman–Crippen LogP) is 1.73. The van der Waals surface area contributed by atoms with Crippen LogP contribution in [0.25, 0.3) is 0 Å². The van der Waals surface area contributed by atoms with Gasteiger partial charge >= 0.3 is 0 Å². The maximum atomic E-state index is 12.2. The van der Waals surface area contributed by atoms with Crippen LogP contribution in [0.15, 0.2) is 24.3 Å². The fourth-order valence-corrected chi connectivity index (χ4v) is 3.07. The van der Waals surface area contributed by atoms with E-state index in [1.807, 2.05) is 36.1 Å². The zero-order chi connectivity index (χ0) is 16.4. The van der Waals surface area contributed by atoms with Gasteiger partial charge in [0.2, 0.25) is 11.8 Å². The first-order valence-electron chi connectivity index (χ1n) is 8.40. The minimum Gasteiger partial charge on any atom is -0.340 e. The molecule has 2 fully saturated rings. The van der Waals surface area contributed by atoms with Gasteiger partial charge in [-0.15, -0.1) is 0 Å². The molecule has 1 saturated carbocycles. The highest BCUT2D eigenvalue weighted by molar-refractivity contribution is 5.92. The van der Waals surface area contributed by atoms with Crippen molar-refractivity contribution in [1.82, 2.24) is 9.80 Å². The molecule has 5 nitrogen and oxygen atoms in total. The fourth-order valence-electron chi connectivity index (χ4n) is 3.07. The Morgan fingerprint density at radius 2 is 1.74 bits per heavy atom. The second-order valence-corrected chi connectivity index (χ2v) is 6.84. The van der Waals surface area contributed by atoms with E-state index in [4.69, 9.17) is 0 Å². The number of nitrogens with one attached hydrogen (secondary N) is 1. The monoisotopic (exact) mass is 315 g/mol. The lowest BCUT2D eigenvalue weighted by Gasteiger charge is -2.34. The number of amides is 2. The van der Waals surface area contributed by atoms with Crippen molar-refractivity contribution >= 4 is 17.5 Å². The Morgan fingerprint density at radius 3 is 2.30 bits per heavy atom. The predicted molar refractivity (Wildman–Crippen MR) is 90.1 cm³/mol. The zero-order valence-corrected chi connectivity index (χ0v) is 13.9. The van der Waals surface area contributed by atoms with E-state index in [0.717, 1.165) is 38.3 Å². The van der Waals surface area contributed by atoms with E-state index < -0.39 is 0 Å². The van der Waals surface area contributed by atoms with Crippen LogP contribution in [-0.4, -0.2) is 54.3 Å². The molecule has 1 aromatic rings. The summed E-state index contributed by atoms with van der Waals surface area (Å²) in [5.74, 6) is 1.12. The number of carbonyl (C=O) groups excluding carboxylic acids is 2. The topological polar surface area (TPSA) is 52.7 Å². The molecule has 1 saturated heterocycles. The molecule has 3 rings (SSSR count). The number of rotatable bonds is 4. The van der Waals surface area contributed by atoms with E-state index in [2.05, 4.69) is 17.1 Å². The van der Waals surface area contributed by atoms with Crippen molar-refractivity contribution in [2.75, 3.05) is 38.0 Å². The first-order valence-corrected chi connectivity index (χ1v) is 8.40. The largest absolute Gasteiger partial charge is 0.340 e. The van der Waals surface area contributed by atoms with Crippen LogP contribution >= 0.6 is 0 Å². The van der Waals surface area contributed by atoms with E-state index >= 15 is 0 Å². The first kappa shape index (κ1) is 16.0. The van der Waals surface area contributed by atoms with E-state index in [1.54, 1.807) is 0 Å². The van der Waals surface area contributed by atoms with Gasteiger partial charge in [0.15, 0.2) is 0 Å². The van der Waals surface area contributed by atoms with Crippen molar-refractivity contribution in [3.05, 3.63) is 29.8 Å². The summed E-state index contributed by atoms with van der Waals surface area (Å²) in [4.78, 5) is 28.4. The average Bonchev–Trinajstić information content (AvgIpc) is 3.26. The van der Waals surface area contributed by atoms with Gasteiger partial charge in [-0.25, -0.2) is 0 Å². The molecular weight excluding hydrogens is 290 g/mol. The molecule has 1 aliphatic carbocycles. The number of nitrogens with zero attached hydrogens (tertiary/aromatic N) is 2. The molecule has 2 aliphatic rings. The van der Waals surface area contributed by atoms with Crippen molar-refractivity contribution in [1.29, 1.82) is 0 Å². The molecule has 0 unspecified atom stereocenters. The quantitative estimate of drug-likeness (QED) is 0.921. The highest BCUT2D eigenvalue weighted by Gasteiger charge is 2.41. The van der Waals surface area contributed by atoms with Gasteiger partial charge in [0.25, 0.3) is 0 Å². The summed E-state index contributed by atoms with van der Waals surface area (Å²) in [5.41, 5.74) is 2.01. The van der Waals surface area contributed by atoms with Crippen LogP contribution in [0, 0.1) is 18.8 Å². The van der Waals surface area contributed by atoms with Crippen molar-refractivity contribution in [2.24, 2.45) is 11.8 Å². The van der Waals surface area contributed by atoms with Crippen molar-refractivity contribution in [2.45, 2.75) is 20.3 Å². The number of anilines is 1. The third kappa shape index (κ3) is 4.10. The molecule has 0 bridgehead atoms. The smallest absolute Gasteiger partial charge is 0.238 e. The van der Waals surface area contributed by atoms with Gasteiger partial charge in [-0.05, 0) is 31.4 Å². The molecule has 124 valence electrons. The molecule has 0 aromatic heterocycles. The number of carbonyl (C=O) groups is 2. The third-order valence-electron chi connectivity index (χ3n) is 4.81. The molecule has 1 heterocycles. The van der Waals surface area contributed by atoms with Gasteiger partial charge in [-0.3, -0.25) is 14.5 Å². The van der Waals surface area contributed by atoms with Gasteiger partial charge in [0, 0.05) is 37.8 Å². The normalized spacial score (nSPS) is 24.3. The number of hydrogen-bond donors (Lipinski definition) is 1. The molecule has 2 atom stereocenters. The molecule has 1 aromatic carbocycles. The molecule has 23 heavy (non-hydrogen) atoms. The van der Waals surface area contributed by atoms with Gasteiger partial charge in [0.1, 0.15) is 0 Å². The van der Waals surface area contributed by atoms with Gasteiger partial charge < -0.3 is 10.2 Å². The number of hydrogen-bond acceptors (Lipinski definition) is 3.